The molecule has 2 aromatic heterocycles. The van der Waals surface area contributed by atoms with Crippen molar-refractivity contribution in [3.63, 3.8) is 0 Å². The van der Waals surface area contributed by atoms with Crippen LogP contribution >= 0.6 is 11.3 Å². The van der Waals surface area contributed by atoms with Gasteiger partial charge in [-0.3, -0.25) is 18.7 Å². The Bertz CT molecular complexity index is 1160. The molecule has 0 saturated heterocycles. The molecule has 1 N–H and O–H groups in total. The highest BCUT2D eigenvalue weighted by atomic mass is 32.1. The van der Waals surface area contributed by atoms with E-state index in [9.17, 15) is 19.2 Å². The highest BCUT2D eigenvalue weighted by Gasteiger charge is 2.21. The fraction of sp³-hybridized carbons (Fsp3) is 0.211. The van der Waals surface area contributed by atoms with Gasteiger partial charge in [0, 0.05) is 24.9 Å². The molecule has 0 aliphatic rings. The molecule has 0 spiro atoms. The number of thiazole rings is 1. The van der Waals surface area contributed by atoms with Gasteiger partial charge < -0.3 is 10.1 Å². The van der Waals surface area contributed by atoms with Gasteiger partial charge in [0.25, 0.3) is 5.56 Å². The largest absolute Gasteiger partial charge is 0.462 e. The van der Waals surface area contributed by atoms with E-state index in [1.165, 1.54) is 19.3 Å². The van der Waals surface area contributed by atoms with Crippen molar-refractivity contribution in [3.05, 3.63) is 68.3 Å². The van der Waals surface area contributed by atoms with Crippen LogP contribution in [-0.2, 0) is 23.1 Å². The van der Waals surface area contributed by atoms with E-state index in [1.54, 1.807) is 19.1 Å². The van der Waals surface area contributed by atoms with Crippen molar-refractivity contribution in [3.8, 4) is 11.3 Å². The number of benzene rings is 1. The lowest BCUT2D eigenvalue weighted by molar-refractivity contribution is -0.116. The zero-order valence-corrected chi connectivity index (χ0v) is 16.6. The van der Waals surface area contributed by atoms with Crippen molar-refractivity contribution in [2.45, 2.75) is 13.5 Å². The number of carbonyl (C=O) groups excluding carboxylic acids is 2. The minimum atomic E-state index is -0.607. The van der Waals surface area contributed by atoms with Gasteiger partial charge in [0.15, 0.2) is 5.13 Å². The minimum Gasteiger partial charge on any atom is -0.462 e. The maximum absolute atomic E-state index is 12.4. The van der Waals surface area contributed by atoms with Crippen molar-refractivity contribution in [1.29, 1.82) is 0 Å². The second-order valence-electron chi connectivity index (χ2n) is 5.95. The summed E-state index contributed by atoms with van der Waals surface area (Å²) in [5.41, 5.74) is 0.0485. The Morgan fingerprint density at radius 1 is 1.17 bits per heavy atom. The van der Waals surface area contributed by atoms with Crippen molar-refractivity contribution in [2.75, 3.05) is 11.9 Å². The Kier molecular flexibility index (Phi) is 6.03. The van der Waals surface area contributed by atoms with E-state index in [2.05, 4.69) is 10.3 Å². The molecule has 3 rings (SSSR count). The van der Waals surface area contributed by atoms with Crippen LogP contribution in [0.25, 0.3) is 11.3 Å². The number of hydrogen-bond acceptors (Lipinski definition) is 7. The summed E-state index contributed by atoms with van der Waals surface area (Å²) in [5, 5.41) is 2.80. The molecule has 0 aliphatic carbocycles. The molecule has 9 nitrogen and oxygen atoms in total. The number of nitrogens with zero attached hydrogens (tertiary/aromatic N) is 3. The third kappa shape index (κ3) is 4.49. The van der Waals surface area contributed by atoms with E-state index < -0.39 is 23.1 Å². The minimum absolute atomic E-state index is 0.203. The number of nitrogens with one attached hydrogen (secondary N) is 1. The van der Waals surface area contributed by atoms with Crippen LogP contribution in [0.3, 0.4) is 0 Å². The predicted octanol–water partition coefficient (Wildman–Crippen LogP) is 1.49. The molecule has 29 heavy (non-hydrogen) atoms. The summed E-state index contributed by atoms with van der Waals surface area (Å²) >= 11 is 0.991. The van der Waals surface area contributed by atoms with Crippen LogP contribution in [0.15, 0.2) is 52.2 Å². The normalized spacial score (nSPS) is 10.6. The second kappa shape index (κ2) is 8.65. The zero-order chi connectivity index (χ0) is 21.0. The van der Waals surface area contributed by atoms with Crippen LogP contribution < -0.4 is 16.6 Å². The Hall–Kier alpha value is -3.53. The lowest BCUT2D eigenvalue weighted by Gasteiger charge is -2.06. The van der Waals surface area contributed by atoms with Gasteiger partial charge in [0.05, 0.1) is 12.3 Å². The number of ether oxygens (including phenoxy) is 1. The Balaban J connectivity index is 1.86. The Labute approximate surface area is 169 Å². The van der Waals surface area contributed by atoms with Crippen LogP contribution in [0, 0.1) is 0 Å². The van der Waals surface area contributed by atoms with Crippen LogP contribution in [-0.4, -0.2) is 32.6 Å². The molecule has 3 aromatic rings. The van der Waals surface area contributed by atoms with Gasteiger partial charge in [0.2, 0.25) is 5.91 Å². The number of carbonyl (C=O) groups is 2. The Morgan fingerprint density at radius 3 is 2.59 bits per heavy atom. The molecule has 150 valence electrons. The fourth-order valence-corrected chi connectivity index (χ4v) is 3.45. The average molecular weight is 414 g/mol. The maximum atomic E-state index is 12.4. The first-order valence-electron chi connectivity index (χ1n) is 8.70. The lowest BCUT2D eigenvalue weighted by atomic mass is 10.1. The lowest BCUT2D eigenvalue weighted by Crippen LogP contribution is -2.38. The fourth-order valence-electron chi connectivity index (χ4n) is 2.55. The molecular weight excluding hydrogens is 396 g/mol. The standard InChI is InChI=1S/C19H18N4O5S/c1-3-28-17(26)16-15(12-7-5-4-6-8-12)21-18(29-16)20-13(24)11-23-10-9-14(25)22(2)19(23)27/h4-10H,3,11H2,1-2H3,(H,20,21,24). The molecule has 10 heteroatoms. The first-order chi connectivity index (χ1) is 13.9. The number of rotatable bonds is 6. The van der Waals surface area contributed by atoms with Crippen LogP contribution in [0.5, 0.6) is 0 Å². The quantitative estimate of drug-likeness (QED) is 0.612. The first-order valence-corrected chi connectivity index (χ1v) is 9.52. The van der Waals surface area contributed by atoms with Crippen molar-refractivity contribution >= 4 is 28.3 Å². The number of hydrogen-bond donors (Lipinski definition) is 1. The third-order valence-electron chi connectivity index (χ3n) is 3.96. The summed E-state index contributed by atoms with van der Waals surface area (Å²) in [6, 6.07) is 10.3. The third-order valence-corrected chi connectivity index (χ3v) is 4.91. The summed E-state index contributed by atoms with van der Waals surface area (Å²) in [5.74, 6) is -1.05. The van der Waals surface area contributed by atoms with Crippen molar-refractivity contribution < 1.29 is 14.3 Å². The monoisotopic (exact) mass is 414 g/mol. The van der Waals surface area contributed by atoms with Gasteiger partial charge in [-0.15, -0.1) is 0 Å². The molecule has 2 heterocycles. The Morgan fingerprint density at radius 2 is 1.90 bits per heavy atom. The van der Waals surface area contributed by atoms with Crippen molar-refractivity contribution in [2.24, 2.45) is 7.05 Å². The molecule has 0 bridgehead atoms. The van der Waals surface area contributed by atoms with Crippen LogP contribution in [0.1, 0.15) is 16.6 Å². The number of esters is 1. The van der Waals surface area contributed by atoms with Crippen molar-refractivity contribution in [1.82, 2.24) is 14.1 Å². The smallest absolute Gasteiger partial charge is 0.350 e. The van der Waals surface area contributed by atoms with Gasteiger partial charge in [-0.1, -0.05) is 41.7 Å². The molecule has 0 saturated carbocycles. The molecule has 0 aliphatic heterocycles. The summed E-state index contributed by atoms with van der Waals surface area (Å²) in [4.78, 5) is 52.8. The molecule has 0 fully saturated rings. The highest BCUT2D eigenvalue weighted by molar-refractivity contribution is 7.18. The summed E-state index contributed by atoms with van der Waals surface area (Å²) in [6.45, 7) is 1.61. The van der Waals surface area contributed by atoms with E-state index in [4.69, 9.17) is 4.74 Å². The van der Waals surface area contributed by atoms with Gasteiger partial charge in [-0.05, 0) is 6.92 Å². The van der Waals surface area contributed by atoms with Crippen LogP contribution in [0.4, 0.5) is 5.13 Å². The van der Waals surface area contributed by atoms with E-state index >= 15 is 0 Å². The average Bonchev–Trinajstić information content (AvgIpc) is 3.13. The molecule has 1 amide bonds. The highest BCUT2D eigenvalue weighted by Crippen LogP contribution is 2.31. The molecule has 1 aromatic carbocycles. The van der Waals surface area contributed by atoms with Gasteiger partial charge in [0.1, 0.15) is 11.4 Å². The van der Waals surface area contributed by atoms with E-state index in [0.29, 0.717) is 11.3 Å². The van der Waals surface area contributed by atoms with E-state index in [0.717, 1.165) is 20.5 Å². The second-order valence-corrected chi connectivity index (χ2v) is 6.95. The predicted molar refractivity (Wildman–Crippen MR) is 108 cm³/mol. The zero-order valence-electron chi connectivity index (χ0n) is 15.7. The maximum Gasteiger partial charge on any atom is 0.350 e. The van der Waals surface area contributed by atoms with Gasteiger partial charge in [-0.2, -0.15) is 0 Å². The number of anilines is 1. The van der Waals surface area contributed by atoms with E-state index in [1.807, 2.05) is 18.2 Å². The van der Waals surface area contributed by atoms with Gasteiger partial charge >= 0.3 is 11.7 Å². The molecule has 0 radical (unpaired) electrons. The summed E-state index contributed by atoms with van der Waals surface area (Å²) in [6.07, 6.45) is 1.26. The van der Waals surface area contributed by atoms with Crippen LogP contribution in [0.2, 0.25) is 0 Å². The topological polar surface area (TPSA) is 112 Å². The van der Waals surface area contributed by atoms with Gasteiger partial charge in [-0.25, -0.2) is 14.6 Å². The van der Waals surface area contributed by atoms with E-state index in [-0.39, 0.29) is 23.2 Å². The number of aromatic nitrogens is 3. The first kappa shape index (κ1) is 20.2. The molecular formula is C19H18N4O5S. The summed E-state index contributed by atoms with van der Waals surface area (Å²) in [7, 11) is 1.33. The SMILES string of the molecule is CCOC(=O)c1sc(NC(=O)Cn2ccc(=O)n(C)c2=O)nc1-c1ccccc1. The number of amides is 1. The molecule has 0 atom stereocenters. The summed E-state index contributed by atoms with van der Waals surface area (Å²) < 4.78 is 7.10. The molecule has 0 unspecified atom stereocenters.